The molecule has 8 nitrogen and oxygen atoms in total. The highest BCUT2D eigenvalue weighted by Crippen LogP contribution is 2.26. The Morgan fingerprint density at radius 2 is 1.81 bits per heavy atom. The summed E-state index contributed by atoms with van der Waals surface area (Å²) in [6.07, 6.45) is -3.10. The molecule has 0 saturated heterocycles. The standard InChI is InChI=1S/C24H18F5N5O3/c1-31-11-14-10-13(2-7-17(14)30)20-22(35)34(15-3-5-16(6-4-15)37-23(25)26)21-18(32-20)8-9-19(33-21)36-12-24(27,28)29/h2-11,23H,12,30H2,1H3. The van der Waals surface area contributed by atoms with Crippen molar-refractivity contribution in [1.82, 2.24) is 14.5 Å². The summed E-state index contributed by atoms with van der Waals surface area (Å²) in [5.74, 6) is -0.548. The van der Waals surface area contributed by atoms with E-state index in [-0.39, 0.29) is 34.2 Å². The van der Waals surface area contributed by atoms with Crippen LogP contribution in [0.2, 0.25) is 0 Å². The van der Waals surface area contributed by atoms with Crippen molar-refractivity contribution in [2.24, 2.45) is 4.99 Å². The Balaban J connectivity index is 1.93. The van der Waals surface area contributed by atoms with Crippen molar-refractivity contribution in [3.8, 4) is 28.6 Å². The number of ether oxygens (including phenoxy) is 2. The first-order chi connectivity index (χ1) is 17.6. The van der Waals surface area contributed by atoms with Crippen LogP contribution in [0.3, 0.4) is 0 Å². The van der Waals surface area contributed by atoms with E-state index >= 15 is 0 Å². The van der Waals surface area contributed by atoms with Gasteiger partial charge in [-0.15, -0.1) is 0 Å². The fourth-order valence-corrected chi connectivity index (χ4v) is 3.46. The van der Waals surface area contributed by atoms with Gasteiger partial charge in [-0.2, -0.15) is 26.9 Å². The molecule has 0 aliphatic carbocycles. The Hall–Kier alpha value is -4.55. The number of nitrogens with two attached hydrogens (primary N) is 1. The number of hydrogen-bond acceptors (Lipinski definition) is 7. The zero-order valence-electron chi connectivity index (χ0n) is 19.0. The Labute approximate surface area is 205 Å². The Bertz CT molecular complexity index is 1520. The highest BCUT2D eigenvalue weighted by atomic mass is 19.4. The predicted octanol–water partition coefficient (Wildman–Crippen LogP) is 4.62. The molecule has 4 aromatic rings. The van der Waals surface area contributed by atoms with Crippen LogP contribution in [0, 0.1) is 0 Å². The van der Waals surface area contributed by atoms with E-state index < -0.39 is 25.0 Å². The minimum atomic E-state index is -4.60. The summed E-state index contributed by atoms with van der Waals surface area (Å²) < 4.78 is 73.2. The molecule has 0 fully saturated rings. The third-order valence-corrected chi connectivity index (χ3v) is 5.01. The monoisotopic (exact) mass is 519 g/mol. The van der Waals surface area contributed by atoms with E-state index in [0.29, 0.717) is 16.8 Å². The number of halogens is 5. The average molecular weight is 519 g/mol. The fourth-order valence-electron chi connectivity index (χ4n) is 3.46. The minimum absolute atomic E-state index is 0.0167. The third kappa shape index (κ3) is 5.82. The van der Waals surface area contributed by atoms with Gasteiger partial charge in [0.05, 0.1) is 5.69 Å². The van der Waals surface area contributed by atoms with Gasteiger partial charge in [0.25, 0.3) is 5.56 Å². The van der Waals surface area contributed by atoms with Crippen molar-refractivity contribution < 1.29 is 31.4 Å². The summed E-state index contributed by atoms with van der Waals surface area (Å²) in [5, 5.41) is 0. The summed E-state index contributed by atoms with van der Waals surface area (Å²) in [4.78, 5) is 26.0. The number of alkyl halides is 5. The van der Waals surface area contributed by atoms with Crippen molar-refractivity contribution in [2.75, 3.05) is 19.4 Å². The van der Waals surface area contributed by atoms with Crippen molar-refractivity contribution in [2.45, 2.75) is 12.8 Å². The molecule has 0 bridgehead atoms. The molecule has 0 spiro atoms. The van der Waals surface area contributed by atoms with Crippen LogP contribution >= 0.6 is 0 Å². The van der Waals surface area contributed by atoms with Crippen LogP contribution in [0.5, 0.6) is 11.6 Å². The molecule has 192 valence electrons. The van der Waals surface area contributed by atoms with Crippen LogP contribution in [0.4, 0.5) is 27.6 Å². The summed E-state index contributed by atoms with van der Waals surface area (Å²) in [7, 11) is 1.55. The van der Waals surface area contributed by atoms with E-state index in [2.05, 4.69) is 19.7 Å². The molecule has 2 aromatic carbocycles. The quantitative estimate of drug-likeness (QED) is 0.217. The van der Waals surface area contributed by atoms with Gasteiger partial charge in [0.2, 0.25) is 5.88 Å². The molecule has 0 unspecified atom stereocenters. The molecule has 2 N–H and O–H groups in total. The summed E-state index contributed by atoms with van der Waals surface area (Å²) in [5.41, 5.74) is 6.83. The summed E-state index contributed by atoms with van der Waals surface area (Å²) >= 11 is 0. The van der Waals surface area contributed by atoms with Gasteiger partial charge < -0.3 is 15.2 Å². The van der Waals surface area contributed by atoms with Crippen LogP contribution in [0.25, 0.3) is 28.1 Å². The van der Waals surface area contributed by atoms with E-state index in [1.165, 1.54) is 42.6 Å². The van der Waals surface area contributed by atoms with E-state index in [1.807, 2.05) is 0 Å². The number of nitrogen functional groups attached to an aromatic ring is 1. The second kappa shape index (κ2) is 10.2. The summed E-state index contributed by atoms with van der Waals surface area (Å²) in [6.45, 7) is -4.64. The maximum Gasteiger partial charge on any atom is 0.422 e. The lowest BCUT2D eigenvalue weighted by molar-refractivity contribution is -0.154. The lowest BCUT2D eigenvalue weighted by Gasteiger charge is -2.14. The molecule has 0 amide bonds. The first-order valence-electron chi connectivity index (χ1n) is 10.6. The Morgan fingerprint density at radius 1 is 1.08 bits per heavy atom. The van der Waals surface area contributed by atoms with E-state index in [1.54, 1.807) is 25.2 Å². The number of nitrogens with zero attached hydrogens (tertiary/aromatic N) is 4. The molecular weight excluding hydrogens is 501 g/mol. The third-order valence-electron chi connectivity index (χ3n) is 5.01. The van der Waals surface area contributed by atoms with Gasteiger partial charge >= 0.3 is 12.8 Å². The fraction of sp³-hybridized carbons (Fsp3) is 0.167. The molecule has 2 heterocycles. The van der Waals surface area contributed by atoms with Crippen LogP contribution in [0.1, 0.15) is 5.56 Å². The van der Waals surface area contributed by atoms with Crippen molar-refractivity contribution in [3.63, 3.8) is 0 Å². The highest BCUT2D eigenvalue weighted by Gasteiger charge is 2.29. The Kier molecular flexibility index (Phi) is 7.05. The minimum Gasteiger partial charge on any atom is -0.468 e. The zero-order chi connectivity index (χ0) is 26.7. The lowest BCUT2D eigenvalue weighted by Crippen LogP contribution is -2.24. The smallest absolute Gasteiger partial charge is 0.422 e. The van der Waals surface area contributed by atoms with Crippen molar-refractivity contribution in [1.29, 1.82) is 0 Å². The molecule has 0 atom stereocenters. The van der Waals surface area contributed by atoms with E-state index in [4.69, 9.17) is 10.5 Å². The number of fused-ring (bicyclic) bond motifs is 1. The van der Waals surface area contributed by atoms with E-state index in [0.717, 1.165) is 4.57 Å². The maximum atomic E-state index is 13.7. The predicted molar refractivity (Wildman–Crippen MR) is 127 cm³/mol. The van der Waals surface area contributed by atoms with Crippen LogP contribution in [-0.2, 0) is 0 Å². The molecule has 37 heavy (non-hydrogen) atoms. The molecule has 13 heteroatoms. The van der Waals surface area contributed by atoms with Gasteiger partial charge in [-0.25, -0.2) is 4.98 Å². The van der Waals surface area contributed by atoms with Gasteiger partial charge in [-0.3, -0.25) is 14.4 Å². The molecule has 4 rings (SSSR count). The number of benzene rings is 2. The van der Waals surface area contributed by atoms with Crippen LogP contribution < -0.4 is 20.8 Å². The second-order valence-corrected chi connectivity index (χ2v) is 7.60. The van der Waals surface area contributed by atoms with Crippen LogP contribution in [-0.4, -0.2) is 47.2 Å². The number of pyridine rings is 1. The van der Waals surface area contributed by atoms with Crippen molar-refractivity contribution in [3.05, 3.63) is 70.5 Å². The topological polar surface area (TPSA) is 105 Å². The highest BCUT2D eigenvalue weighted by molar-refractivity contribution is 5.89. The molecule has 0 radical (unpaired) electrons. The first kappa shape index (κ1) is 25.5. The van der Waals surface area contributed by atoms with Gasteiger partial charge in [-0.1, -0.05) is 6.07 Å². The SMILES string of the molecule is CN=Cc1cc(-c2nc3ccc(OCC(F)(F)F)nc3n(-c3ccc(OC(F)F)cc3)c2=O)ccc1N. The molecule has 0 aliphatic heterocycles. The molecule has 0 saturated carbocycles. The average Bonchev–Trinajstić information content (AvgIpc) is 2.84. The van der Waals surface area contributed by atoms with Crippen LogP contribution in [0.15, 0.2) is 64.4 Å². The largest absolute Gasteiger partial charge is 0.468 e. The lowest BCUT2D eigenvalue weighted by atomic mass is 10.1. The molecule has 2 aromatic heterocycles. The number of anilines is 1. The van der Waals surface area contributed by atoms with Gasteiger partial charge in [0.1, 0.15) is 17.0 Å². The Morgan fingerprint density at radius 3 is 2.46 bits per heavy atom. The number of rotatable bonds is 7. The second-order valence-electron chi connectivity index (χ2n) is 7.60. The zero-order valence-corrected chi connectivity index (χ0v) is 19.0. The normalized spacial score (nSPS) is 12.0. The first-order valence-corrected chi connectivity index (χ1v) is 10.6. The van der Waals surface area contributed by atoms with Gasteiger partial charge in [0.15, 0.2) is 12.3 Å². The van der Waals surface area contributed by atoms with E-state index in [9.17, 15) is 26.7 Å². The number of hydrogen-bond donors (Lipinski definition) is 1. The number of aromatic nitrogens is 3. The molecular formula is C24H18F5N5O3. The maximum absolute atomic E-state index is 13.7. The molecule has 0 aliphatic rings. The van der Waals surface area contributed by atoms with Gasteiger partial charge in [-0.05, 0) is 42.5 Å². The summed E-state index contributed by atoms with van der Waals surface area (Å²) in [6, 6.07) is 12.4. The number of aliphatic imine (C=N–C) groups is 1. The van der Waals surface area contributed by atoms with Crippen molar-refractivity contribution >= 4 is 23.1 Å². The van der Waals surface area contributed by atoms with Gasteiger partial charge in [0, 0.05) is 36.1 Å².